The van der Waals surface area contributed by atoms with E-state index >= 15 is 0 Å². The van der Waals surface area contributed by atoms with Crippen molar-refractivity contribution in [3.05, 3.63) is 0 Å². The highest BCUT2D eigenvalue weighted by Crippen LogP contribution is 2.05. The molecule has 1 aliphatic rings. The van der Waals surface area contributed by atoms with Gasteiger partial charge in [-0.2, -0.15) is 11.8 Å². The van der Waals surface area contributed by atoms with E-state index in [1.807, 2.05) is 16.7 Å². The Kier molecular flexibility index (Phi) is 5.83. The molecule has 82 valence electrons. The molecule has 1 heterocycles. The second kappa shape index (κ2) is 6.98. The summed E-state index contributed by atoms with van der Waals surface area (Å²) in [4.78, 5) is 13.3. The maximum atomic E-state index is 11.3. The Bertz CT molecular complexity index is 176. The number of nitrogens with zero attached hydrogens (tertiary/aromatic N) is 1. The Balaban J connectivity index is 2.02. The molecule has 3 nitrogen and oxygen atoms in total. The van der Waals surface area contributed by atoms with E-state index in [0.717, 1.165) is 32.5 Å². The van der Waals surface area contributed by atoms with Gasteiger partial charge in [0.05, 0.1) is 0 Å². The Hall–Kier alpha value is -0.380. The molecular formula is C10H20N2OS. The van der Waals surface area contributed by atoms with Gasteiger partial charge in [-0.25, -0.2) is 4.79 Å². The highest BCUT2D eigenvalue weighted by molar-refractivity contribution is 7.98. The van der Waals surface area contributed by atoms with Gasteiger partial charge in [-0.3, -0.25) is 0 Å². The lowest BCUT2D eigenvalue weighted by molar-refractivity contribution is 0.185. The molecule has 0 spiro atoms. The van der Waals surface area contributed by atoms with Crippen LogP contribution in [0, 0.1) is 0 Å². The molecule has 0 aromatic heterocycles. The van der Waals surface area contributed by atoms with Crippen molar-refractivity contribution in [2.75, 3.05) is 31.6 Å². The Morgan fingerprint density at radius 1 is 1.43 bits per heavy atom. The summed E-state index contributed by atoms with van der Waals surface area (Å²) in [5.74, 6) is 1.24. The quantitative estimate of drug-likeness (QED) is 0.688. The van der Waals surface area contributed by atoms with Crippen LogP contribution >= 0.6 is 11.8 Å². The summed E-state index contributed by atoms with van der Waals surface area (Å²) in [6.07, 6.45) is 6.89. The number of urea groups is 1. The molecule has 1 N–H and O–H groups in total. The summed E-state index contributed by atoms with van der Waals surface area (Å²) in [5, 5.41) is 2.87. The Morgan fingerprint density at radius 2 is 2.29 bits per heavy atom. The molecule has 1 fully saturated rings. The summed E-state index contributed by atoms with van der Waals surface area (Å²) < 4.78 is 0. The lowest BCUT2D eigenvalue weighted by Crippen LogP contribution is -2.46. The summed E-state index contributed by atoms with van der Waals surface area (Å²) in [6, 6.07) is 0.126. The smallest absolute Gasteiger partial charge is 0.317 e. The third-order valence-electron chi connectivity index (χ3n) is 2.44. The zero-order valence-electron chi connectivity index (χ0n) is 8.92. The fourth-order valence-electron chi connectivity index (χ4n) is 1.62. The van der Waals surface area contributed by atoms with Crippen LogP contribution in [0.15, 0.2) is 0 Å². The monoisotopic (exact) mass is 216 g/mol. The van der Waals surface area contributed by atoms with E-state index < -0.39 is 0 Å². The van der Waals surface area contributed by atoms with Crippen molar-refractivity contribution in [3.63, 3.8) is 0 Å². The summed E-state index contributed by atoms with van der Waals surface area (Å²) in [6.45, 7) is 2.72. The highest BCUT2D eigenvalue weighted by atomic mass is 32.2. The summed E-state index contributed by atoms with van der Waals surface area (Å²) in [5.41, 5.74) is 0. The minimum atomic E-state index is 0.126. The zero-order valence-corrected chi connectivity index (χ0v) is 9.74. The van der Waals surface area contributed by atoms with Crippen molar-refractivity contribution in [2.45, 2.75) is 25.7 Å². The number of unbranched alkanes of at least 4 members (excludes halogenated alkanes) is 2. The van der Waals surface area contributed by atoms with Gasteiger partial charge in [-0.15, -0.1) is 0 Å². The largest absolute Gasteiger partial charge is 0.338 e. The van der Waals surface area contributed by atoms with Gasteiger partial charge >= 0.3 is 6.03 Å². The summed E-state index contributed by atoms with van der Waals surface area (Å²) >= 11 is 1.90. The van der Waals surface area contributed by atoms with Crippen LogP contribution in [0.3, 0.4) is 0 Å². The lowest BCUT2D eigenvalue weighted by atomic mass is 10.2. The zero-order chi connectivity index (χ0) is 10.2. The normalized spacial score (nSPS) is 16.9. The molecular weight excluding hydrogens is 196 g/mol. The van der Waals surface area contributed by atoms with Crippen LogP contribution in [-0.2, 0) is 0 Å². The van der Waals surface area contributed by atoms with E-state index in [4.69, 9.17) is 0 Å². The van der Waals surface area contributed by atoms with Gasteiger partial charge in [0, 0.05) is 19.6 Å². The average molecular weight is 216 g/mol. The maximum absolute atomic E-state index is 11.3. The standard InChI is InChI=1S/C10H20N2OS/c1-14-9-4-2-3-7-12-8-5-6-11-10(12)13/h2-9H2,1H3,(H,11,13). The van der Waals surface area contributed by atoms with Gasteiger partial charge in [0.2, 0.25) is 0 Å². The SMILES string of the molecule is CSCCCCCN1CCCNC1=O. The van der Waals surface area contributed by atoms with Gasteiger partial charge in [0.25, 0.3) is 0 Å². The van der Waals surface area contributed by atoms with Gasteiger partial charge in [0.15, 0.2) is 0 Å². The first-order valence-electron chi connectivity index (χ1n) is 5.36. The van der Waals surface area contributed by atoms with Crippen molar-refractivity contribution in [1.29, 1.82) is 0 Å². The molecule has 0 aromatic rings. The third-order valence-corrected chi connectivity index (χ3v) is 3.14. The number of thioether (sulfide) groups is 1. The van der Waals surface area contributed by atoms with Crippen LogP contribution in [-0.4, -0.2) is 42.6 Å². The van der Waals surface area contributed by atoms with Crippen LogP contribution < -0.4 is 5.32 Å². The lowest BCUT2D eigenvalue weighted by Gasteiger charge is -2.27. The average Bonchev–Trinajstić information content (AvgIpc) is 2.20. The molecule has 0 aliphatic carbocycles. The van der Waals surface area contributed by atoms with Crippen LogP contribution in [0.4, 0.5) is 4.79 Å². The minimum absolute atomic E-state index is 0.126. The van der Waals surface area contributed by atoms with Gasteiger partial charge in [0.1, 0.15) is 0 Å². The third kappa shape index (κ3) is 4.22. The second-order valence-corrected chi connectivity index (χ2v) is 4.61. The summed E-state index contributed by atoms with van der Waals surface area (Å²) in [7, 11) is 0. The van der Waals surface area contributed by atoms with Gasteiger partial charge < -0.3 is 10.2 Å². The Morgan fingerprint density at radius 3 is 3.00 bits per heavy atom. The minimum Gasteiger partial charge on any atom is -0.338 e. The van der Waals surface area contributed by atoms with E-state index in [2.05, 4.69) is 11.6 Å². The molecule has 4 heteroatoms. The number of carbonyl (C=O) groups is 1. The number of rotatable bonds is 6. The molecule has 0 bridgehead atoms. The molecule has 0 aromatic carbocycles. The number of hydrogen-bond donors (Lipinski definition) is 1. The van der Waals surface area contributed by atoms with Crippen LogP contribution in [0.5, 0.6) is 0 Å². The number of nitrogens with one attached hydrogen (secondary N) is 1. The molecule has 2 amide bonds. The fourth-order valence-corrected chi connectivity index (χ4v) is 2.11. The highest BCUT2D eigenvalue weighted by Gasteiger charge is 2.15. The molecule has 0 unspecified atom stereocenters. The topological polar surface area (TPSA) is 32.3 Å². The van der Waals surface area contributed by atoms with Gasteiger partial charge in [-0.1, -0.05) is 6.42 Å². The van der Waals surface area contributed by atoms with Crippen molar-refractivity contribution in [1.82, 2.24) is 10.2 Å². The molecule has 14 heavy (non-hydrogen) atoms. The van der Waals surface area contributed by atoms with E-state index in [1.54, 1.807) is 0 Å². The van der Waals surface area contributed by atoms with Crippen LogP contribution in [0.25, 0.3) is 0 Å². The van der Waals surface area contributed by atoms with E-state index in [9.17, 15) is 4.79 Å². The van der Waals surface area contributed by atoms with Gasteiger partial charge in [-0.05, 0) is 31.3 Å². The first-order chi connectivity index (χ1) is 6.84. The maximum Gasteiger partial charge on any atom is 0.317 e. The van der Waals surface area contributed by atoms with Crippen molar-refractivity contribution in [2.24, 2.45) is 0 Å². The molecule has 1 saturated heterocycles. The Labute approximate surface area is 90.6 Å². The number of amides is 2. The van der Waals surface area contributed by atoms with E-state index in [-0.39, 0.29) is 6.03 Å². The number of carbonyl (C=O) groups excluding carboxylic acids is 1. The predicted molar refractivity (Wildman–Crippen MR) is 61.8 cm³/mol. The first-order valence-corrected chi connectivity index (χ1v) is 6.75. The second-order valence-electron chi connectivity index (χ2n) is 3.63. The van der Waals surface area contributed by atoms with Crippen molar-refractivity contribution < 1.29 is 4.79 Å². The van der Waals surface area contributed by atoms with Crippen LogP contribution in [0.1, 0.15) is 25.7 Å². The first kappa shape index (κ1) is 11.7. The predicted octanol–water partition coefficient (Wildman–Crippen LogP) is 1.94. The molecule has 0 atom stereocenters. The van der Waals surface area contributed by atoms with Crippen molar-refractivity contribution in [3.8, 4) is 0 Å². The molecule has 1 rings (SSSR count). The molecule has 0 radical (unpaired) electrons. The molecule has 0 saturated carbocycles. The van der Waals surface area contributed by atoms with Crippen LogP contribution in [0.2, 0.25) is 0 Å². The van der Waals surface area contributed by atoms with E-state index in [1.165, 1.54) is 18.6 Å². The van der Waals surface area contributed by atoms with Crippen molar-refractivity contribution >= 4 is 17.8 Å². The van der Waals surface area contributed by atoms with E-state index in [0.29, 0.717) is 0 Å². The fraction of sp³-hybridized carbons (Fsp3) is 0.900. The number of hydrogen-bond acceptors (Lipinski definition) is 2. The molecule has 1 aliphatic heterocycles.